The first-order valence-electron chi connectivity index (χ1n) is 8.98. The first kappa shape index (κ1) is 21.0. The Balaban J connectivity index is 1.70. The zero-order valence-corrected chi connectivity index (χ0v) is 17.8. The second-order valence-corrected chi connectivity index (χ2v) is 9.09. The van der Waals surface area contributed by atoms with Gasteiger partial charge in [0.25, 0.3) is 15.9 Å². The first-order valence-corrected chi connectivity index (χ1v) is 11.7. The lowest BCUT2D eigenvalue weighted by Gasteiger charge is -2.10. The minimum absolute atomic E-state index is 0.0371. The summed E-state index contributed by atoms with van der Waals surface area (Å²) in [6, 6.07) is 21.0. The number of thioether (sulfide) groups is 1. The number of benzene rings is 3. The van der Waals surface area contributed by atoms with Crippen molar-refractivity contribution < 1.29 is 13.2 Å². The van der Waals surface area contributed by atoms with E-state index in [4.69, 9.17) is 0 Å². The number of anilines is 1. The quantitative estimate of drug-likeness (QED) is 0.548. The highest BCUT2D eigenvalue weighted by molar-refractivity contribution is 7.98. The van der Waals surface area contributed by atoms with E-state index in [0.717, 1.165) is 16.0 Å². The summed E-state index contributed by atoms with van der Waals surface area (Å²) in [5, 5.41) is 2.83. The Morgan fingerprint density at radius 2 is 1.66 bits per heavy atom. The van der Waals surface area contributed by atoms with E-state index in [2.05, 4.69) is 10.0 Å². The van der Waals surface area contributed by atoms with Gasteiger partial charge in [-0.3, -0.25) is 9.52 Å². The fourth-order valence-electron chi connectivity index (χ4n) is 2.67. The van der Waals surface area contributed by atoms with Crippen molar-refractivity contribution in [2.75, 3.05) is 11.0 Å². The summed E-state index contributed by atoms with van der Waals surface area (Å²) < 4.78 is 27.8. The molecule has 0 bridgehead atoms. The number of hydrogen-bond donors (Lipinski definition) is 2. The molecule has 7 heteroatoms. The van der Waals surface area contributed by atoms with E-state index < -0.39 is 10.0 Å². The normalized spacial score (nSPS) is 11.1. The summed E-state index contributed by atoms with van der Waals surface area (Å²) in [7, 11) is -3.79. The molecule has 5 nitrogen and oxygen atoms in total. The zero-order chi connectivity index (χ0) is 20.9. The molecule has 0 saturated heterocycles. The van der Waals surface area contributed by atoms with Crippen LogP contribution in [0.1, 0.15) is 21.5 Å². The molecule has 0 radical (unpaired) electrons. The average molecular weight is 427 g/mol. The Kier molecular flexibility index (Phi) is 6.61. The summed E-state index contributed by atoms with van der Waals surface area (Å²) >= 11 is 1.65. The van der Waals surface area contributed by atoms with Gasteiger partial charge in [0.05, 0.1) is 4.90 Å². The molecule has 0 heterocycles. The molecule has 0 fully saturated rings. The maximum Gasteiger partial charge on any atom is 0.261 e. The maximum absolute atomic E-state index is 12.7. The van der Waals surface area contributed by atoms with Crippen LogP contribution >= 0.6 is 11.8 Å². The number of carbonyl (C=O) groups excluding carboxylic acids is 1. The molecular weight excluding hydrogens is 404 g/mol. The molecule has 3 aromatic rings. The lowest BCUT2D eigenvalue weighted by Crippen LogP contribution is -2.23. The SMILES string of the molecule is CSc1ccc(CNC(=O)c2cccc(S(=O)(=O)Nc3ccc(C)cc3)c2)cc1. The van der Waals surface area contributed by atoms with Crippen molar-refractivity contribution >= 4 is 33.4 Å². The van der Waals surface area contributed by atoms with Crippen LogP contribution in [0.2, 0.25) is 0 Å². The van der Waals surface area contributed by atoms with Crippen LogP contribution in [-0.2, 0) is 16.6 Å². The van der Waals surface area contributed by atoms with E-state index in [9.17, 15) is 13.2 Å². The van der Waals surface area contributed by atoms with Crippen molar-refractivity contribution in [3.05, 3.63) is 89.5 Å². The van der Waals surface area contributed by atoms with E-state index in [1.807, 2.05) is 49.6 Å². The molecule has 3 rings (SSSR count). The molecule has 0 saturated carbocycles. The predicted molar refractivity (Wildman–Crippen MR) is 118 cm³/mol. The van der Waals surface area contributed by atoms with E-state index in [-0.39, 0.29) is 16.4 Å². The lowest BCUT2D eigenvalue weighted by molar-refractivity contribution is 0.0950. The highest BCUT2D eigenvalue weighted by Crippen LogP contribution is 2.18. The van der Waals surface area contributed by atoms with Gasteiger partial charge in [-0.05, 0) is 61.2 Å². The molecule has 29 heavy (non-hydrogen) atoms. The Labute approximate surface area is 175 Å². The van der Waals surface area contributed by atoms with Crippen molar-refractivity contribution in [3.8, 4) is 0 Å². The molecule has 0 atom stereocenters. The third-order valence-corrected chi connectivity index (χ3v) is 6.44. The van der Waals surface area contributed by atoms with Gasteiger partial charge in [-0.2, -0.15) is 0 Å². The van der Waals surface area contributed by atoms with Gasteiger partial charge in [-0.25, -0.2) is 8.42 Å². The highest BCUT2D eigenvalue weighted by atomic mass is 32.2. The van der Waals surface area contributed by atoms with E-state index in [1.54, 1.807) is 36.0 Å². The van der Waals surface area contributed by atoms with Crippen molar-refractivity contribution in [1.29, 1.82) is 0 Å². The standard InChI is InChI=1S/C22H22N2O3S2/c1-16-6-10-19(11-7-16)24-29(26,27)21-5-3-4-18(14-21)22(25)23-15-17-8-12-20(28-2)13-9-17/h3-14,24H,15H2,1-2H3,(H,23,25). The predicted octanol–water partition coefficient (Wildman–Crippen LogP) is 4.45. The van der Waals surface area contributed by atoms with Crippen LogP contribution < -0.4 is 10.0 Å². The largest absolute Gasteiger partial charge is 0.348 e. The molecular formula is C22H22N2O3S2. The third-order valence-electron chi connectivity index (χ3n) is 4.32. The third kappa shape index (κ3) is 5.62. The summed E-state index contributed by atoms with van der Waals surface area (Å²) in [6.45, 7) is 2.30. The Morgan fingerprint density at radius 1 is 0.966 bits per heavy atom. The summed E-state index contributed by atoms with van der Waals surface area (Å²) in [5.41, 5.74) is 2.77. The van der Waals surface area contributed by atoms with Crippen LogP contribution in [0.15, 0.2) is 82.6 Å². The molecule has 150 valence electrons. The zero-order valence-electron chi connectivity index (χ0n) is 16.2. The molecule has 0 aliphatic rings. The van der Waals surface area contributed by atoms with Crippen molar-refractivity contribution in [1.82, 2.24) is 5.32 Å². The van der Waals surface area contributed by atoms with Crippen molar-refractivity contribution in [2.45, 2.75) is 23.3 Å². The number of nitrogens with one attached hydrogen (secondary N) is 2. The summed E-state index contributed by atoms with van der Waals surface area (Å²) in [6.07, 6.45) is 2.01. The van der Waals surface area contributed by atoms with Gasteiger partial charge in [0.15, 0.2) is 0 Å². The van der Waals surface area contributed by atoms with E-state index >= 15 is 0 Å². The Bertz CT molecular complexity index is 1090. The number of aryl methyl sites for hydroxylation is 1. The first-order chi connectivity index (χ1) is 13.9. The van der Waals surface area contributed by atoms with Gasteiger partial charge in [0.1, 0.15) is 0 Å². The van der Waals surface area contributed by atoms with Gasteiger partial charge in [0, 0.05) is 22.7 Å². The molecule has 0 spiro atoms. The van der Waals surface area contributed by atoms with Gasteiger partial charge in [0.2, 0.25) is 0 Å². The topological polar surface area (TPSA) is 75.3 Å². The van der Waals surface area contributed by atoms with Crippen LogP contribution in [-0.4, -0.2) is 20.6 Å². The van der Waals surface area contributed by atoms with Crippen LogP contribution in [0.4, 0.5) is 5.69 Å². The van der Waals surface area contributed by atoms with Gasteiger partial charge in [-0.15, -0.1) is 11.8 Å². The van der Waals surface area contributed by atoms with Gasteiger partial charge in [-0.1, -0.05) is 35.9 Å². The number of amides is 1. The van der Waals surface area contributed by atoms with Crippen molar-refractivity contribution in [3.63, 3.8) is 0 Å². The summed E-state index contributed by atoms with van der Waals surface area (Å²) in [5.74, 6) is -0.327. The molecule has 0 aliphatic carbocycles. The second kappa shape index (κ2) is 9.15. The van der Waals surface area contributed by atoms with Crippen LogP contribution in [0.5, 0.6) is 0 Å². The minimum atomic E-state index is -3.79. The lowest BCUT2D eigenvalue weighted by atomic mass is 10.2. The van der Waals surface area contributed by atoms with Gasteiger partial charge >= 0.3 is 0 Å². The summed E-state index contributed by atoms with van der Waals surface area (Å²) in [4.78, 5) is 13.7. The number of hydrogen-bond acceptors (Lipinski definition) is 4. The number of sulfonamides is 1. The highest BCUT2D eigenvalue weighted by Gasteiger charge is 2.16. The molecule has 0 unspecified atom stereocenters. The molecule has 3 aromatic carbocycles. The Hall–Kier alpha value is -2.77. The molecule has 2 N–H and O–H groups in total. The van der Waals surface area contributed by atoms with Crippen LogP contribution in [0.25, 0.3) is 0 Å². The number of carbonyl (C=O) groups is 1. The van der Waals surface area contributed by atoms with Crippen molar-refractivity contribution in [2.24, 2.45) is 0 Å². The fourth-order valence-corrected chi connectivity index (χ4v) is 4.18. The maximum atomic E-state index is 12.7. The monoisotopic (exact) mass is 426 g/mol. The fraction of sp³-hybridized carbons (Fsp3) is 0.136. The van der Waals surface area contributed by atoms with Crippen LogP contribution in [0.3, 0.4) is 0 Å². The van der Waals surface area contributed by atoms with Gasteiger partial charge < -0.3 is 5.32 Å². The molecule has 0 aliphatic heterocycles. The van der Waals surface area contributed by atoms with Crippen LogP contribution in [0, 0.1) is 6.92 Å². The molecule has 1 amide bonds. The Morgan fingerprint density at radius 3 is 2.31 bits per heavy atom. The van der Waals surface area contributed by atoms with E-state index in [0.29, 0.717) is 12.2 Å². The second-order valence-electron chi connectivity index (χ2n) is 6.53. The average Bonchev–Trinajstić information content (AvgIpc) is 2.74. The minimum Gasteiger partial charge on any atom is -0.348 e. The number of rotatable bonds is 7. The molecule has 0 aromatic heterocycles. The smallest absolute Gasteiger partial charge is 0.261 e. The van der Waals surface area contributed by atoms with E-state index in [1.165, 1.54) is 12.1 Å².